The summed E-state index contributed by atoms with van der Waals surface area (Å²) in [6.45, 7) is 3.90. The average Bonchev–Trinajstić information content (AvgIpc) is 2.75. The van der Waals surface area contributed by atoms with Gasteiger partial charge in [-0.2, -0.15) is 0 Å². The minimum absolute atomic E-state index is 0.267. The van der Waals surface area contributed by atoms with Crippen LogP contribution in [0.2, 0.25) is 0 Å². The second kappa shape index (κ2) is 4.49. The van der Waals surface area contributed by atoms with Gasteiger partial charge in [-0.05, 0) is 38.1 Å². The molecule has 0 aliphatic carbocycles. The monoisotopic (exact) mass is 266 g/mol. The van der Waals surface area contributed by atoms with E-state index in [0.29, 0.717) is 11.0 Å². The van der Waals surface area contributed by atoms with Crippen molar-refractivity contribution in [2.24, 2.45) is 0 Å². The van der Waals surface area contributed by atoms with Crippen molar-refractivity contribution in [2.75, 3.05) is 0 Å². The Bertz CT molecular complexity index is 801. The SMILES string of the molecule is Cc1ccc(-n2c(C)nc3cccc(C(=O)O)c32)cc1. The van der Waals surface area contributed by atoms with Gasteiger partial charge in [-0.1, -0.05) is 23.8 Å². The predicted molar refractivity (Wildman–Crippen MR) is 77.5 cm³/mol. The van der Waals surface area contributed by atoms with E-state index in [4.69, 9.17) is 0 Å². The van der Waals surface area contributed by atoms with E-state index in [2.05, 4.69) is 4.98 Å². The molecule has 0 amide bonds. The van der Waals surface area contributed by atoms with Crippen molar-refractivity contribution in [3.63, 3.8) is 0 Å². The highest BCUT2D eigenvalue weighted by atomic mass is 16.4. The van der Waals surface area contributed by atoms with Gasteiger partial charge in [0.25, 0.3) is 0 Å². The maximum Gasteiger partial charge on any atom is 0.337 e. The van der Waals surface area contributed by atoms with Crippen LogP contribution in [0.1, 0.15) is 21.7 Å². The van der Waals surface area contributed by atoms with Crippen molar-refractivity contribution in [2.45, 2.75) is 13.8 Å². The number of benzene rings is 2. The van der Waals surface area contributed by atoms with E-state index < -0.39 is 5.97 Å². The zero-order valence-electron chi connectivity index (χ0n) is 11.3. The quantitative estimate of drug-likeness (QED) is 0.774. The summed E-state index contributed by atoms with van der Waals surface area (Å²) in [5, 5.41) is 9.37. The summed E-state index contributed by atoms with van der Waals surface area (Å²) >= 11 is 0. The van der Waals surface area contributed by atoms with E-state index in [9.17, 15) is 9.90 Å². The molecule has 1 heterocycles. The van der Waals surface area contributed by atoms with Crippen LogP contribution in [0.3, 0.4) is 0 Å². The summed E-state index contributed by atoms with van der Waals surface area (Å²) in [6.07, 6.45) is 0. The smallest absolute Gasteiger partial charge is 0.337 e. The molecule has 3 rings (SSSR count). The van der Waals surface area contributed by atoms with Gasteiger partial charge in [-0.3, -0.25) is 4.57 Å². The number of carbonyl (C=O) groups is 1. The van der Waals surface area contributed by atoms with Gasteiger partial charge in [0.05, 0.1) is 16.6 Å². The number of fused-ring (bicyclic) bond motifs is 1. The van der Waals surface area contributed by atoms with Crippen molar-refractivity contribution >= 4 is 17.0 Å². The molecule has 0 aliphatic heterocycles. The summed E-state index contributed by atoms with van der Waals surface area (Å²) in [7, 11) is 0. The van der Waals surface area contributed by atoms with E-state index >= 15 is 0 Å². The Morgan fingerprint density at radius 3 is 2.45 bits per heavy atom. The van der Waals surface area contributed by atoms with Gasteiger partial charge >= 0.3 is 5.97 Å². The van der Waals surface area contributed by atoms with Gasteiger partial charge in [0, 0.05) is 5.69 Å². The van der Waals surface area contributed by atoms with Gasteiger partial charge in [0.1, 0.15) is 5.82 Å². The molecule has 3 aromatic rings. The van der Waals surface area contributed by atoms with Crippen molar-refractivity contribution in [1.82, 2.24) is 9.55 Å². The third-order valence-electron chi connectivity index (χ3n) is 3.37. The fourth-order valence-corrected chi connectivity index (χ4v) is 2.43. The standard InChI is InChI=1S/C16H14N2O2/c1-10-6-8-12(9-7-10)18-11(2)17-14-5-3-4-13(15(14)18)16(19)20/h3-9H,1-2H3,(H,19,20). The Morgan fingerprint density at radius 1 is 1.10 bits per heavy atom. The molecule has 4 heteroatoms. The number of rotatable bonds is 2. The second-order valence-corrected chi connectivity index (χ2v) is 4.81. The van der Waals surface area contributed by atoms with Crippen molar-refractivity contribution in [1.29, 1.82) is 0 Å². The molecule has 20 heavy (non-hydrogen) atoms. The fraction of sp³-hybridized carbons (Fsp3) is 0.125. The molecular formula is C16H14N2O2. The Balaban J connectivity index is 2.37. The molecule has 0 radical (unpaired) electrons. The molecule has 0 aliphatic rings. The van der Waals surface area contributed by atoms with E-state index in [1.54, 1.807) is 12.1 Å². The first kappa shape index (κ1) is 12.4. The summed E-state index contributed by atoms with van der Waals surface area (Å²) in [4.78, 5) is 15.9. The number of hydrogen-bond donors (Lipinski definition) is 1. The maximum absolute atomic E-state index is 11.4. The predicted octanol–water partition coefficient (Wildman–Crippen LogP) is 3.34. The summed E-state index contributed by atoms with van der Waals surface area (Å²) in [6, 6.07) is 13.1. The number of aromatic carboxylic acids is 1. The molecule has 0 atom stereocenters. The van der Waals surface area contributed by atoms with Crippen molar-refractivity contribution < 1.29 is 9.90 Å². The molecule has 1 aromatic heterocycles. The van der Waals surface area contributed by atoms with Crippen molar-refractivity contribution in [3.05, 3.63) is 59.4 Å². The minimum atomic E-state index is -0.941. The first-order valence-electron chi connectivity index (χ1n) is 6.36. The maximum atomic E-state index is 11.4. The number of para-hydroxylation sites is 1. The molecule has 1 N–H and O–H groups in total. The van der Waals surface area contributed by atoms with Crippen LogP contribution in [-0.4, -0.2) is 20.6 Å². The summed E-state index contributed by atoms with van der Waals surface area (Å²) in [5.74, 6) is -0.165. The third kappa shape index (κ3) is 1.86. The van der Waals surface area contributed by atoms with Gasteiger partial charge in [0.15, 0.2) is 0 Å². The lowest BCUT2D eigenvalue weighted by molar-refractivity contribution is 0.0698. The molecule has 0 saturated heterocycles. The number of nitrogens with zero attached hydrogens (tertiary/aromatic N) is 2. The Kier molecular flexibility index (Phi) is 2.79. The molecule has 0 fully saturated rings. The van der Waals surface area contributed by atoms with E-state index in [0.717, 1.165) is 17.1 Å². The first-order valence-corrected chi connectivity index (χ1v) is 6.36. The Labute approximate surface area is 116 Å². The van der Waals surface area contributed by atoms with Gasteiger partial charge in [0.2, 0.25) is 0 Å². The second-order valence-electron chi connectivity index (χ2n) is 4.81. The highest BCUT2D eigenvalue weighted by molar-refractivity contribution is 6.01. The fourth-order valence-electron chi connectivity index (χ4n) is 2.43. The van der Waals surface area contributed by atoms with Crippen LogP contribution >= 0.6 is 0 Å². The van der Waals surface area contributed by atoms with E-state index in [1.807, 2.05) is 48.7 Å². The molecule has 0 bridgehead atoms. The topological polar surface area (TPSA) is 55.1 Å². The number of carboxylic acid groups (broad SMARTS) is 1. The molecule has 0 spiro atoms. The van der Waals surface area contributed by atoms with Crippen LogP contribution in [-0.2, 0) is 0 Å². The van der Waals surface area contributed by atoms with Crippen LogP contribution in [0.15, 0.2) is 42.5 Å². The van der Waals surface area contributed by atoms with Crippen LogP contribution in [0.4, 0.5) is 0 Å². The van der Waals surface area contributed by atoms with Gasteiger partial charge in [-0.25, -0.2) is 9.78 Å². The van der Waals surface area contributed by atoms with Crippen LogP contribution < -0.4 is 0 Å². The number of hydrogen-bond acceptors (Lipinski definition) is 2. The molecule has 0 saturated carbocycles. The molecule has 100 valence electrons. The lowest BCUT2D eigenvalue weighted by Crippen LogP contribution is -2.03. The van der Waals surface area contributed by atoms with Gasteiger partial charge < -0.3 is 5.11 Å². The summed E-state index contributed by atoms with van der Waals surface area (Å²) in [5.41, 5.74) is 3.69. The first-order chi connectivity index (χ1) is 9.58. The van der Waals surface area contributed by atoms with Gasteiger partial charge in [-0.15, -0.1) is 0 Å². The molecule has 4 nitrogen and oxygen atoms in total. The number of carboxylic acids is 1. The average molecular weight is 266 g/mol. The summed E-state index contributed by atoms with van der Waals surface area (Å²) < 4.78 is 1.89. The van der Waals surface area contributed by atoms with Crippen molar-refractivity contribution in [3.8, 4) is 5.69 Å². The Morgan fingerprint density at radius 2 is 1.80 bits per heavy atom. The number of aryl methyl sites for hydroxylation is 2. The Hall–Kier alpha value is -2.62. The largest absolute Gasteiger partial charge is 0.478 e. The highest BCUT2D eigenvalue weighted by Gasteiger charge is 2.16. The number of aromatic nitrogens is 2. The third-order valence-corrected chi connectivity index (χ3v) is 3.37. The van der Waals surface area contributed by atoms with Crippen LogP contribution in [0.25, 0.3) is 16.7 Å². The normalized spacial score (nSPS) is 10.9. The lowest BCUT2D eigenvalue weighted by Gasteiger charge is -2.09. The molecule has 2 aromatic carbocycles. The highest BCUT2D eigenvalue weighted by Crippen LogP contribution is 2.24. The zero-order chi connectivity index (χ0) is 14.3. The van der Waals surface area contributed by atoms with Crippen LogP contribution in [0, 0.1) is 13.8 Å². The van der Waals surface area contributed by atoms with Crippen LogP contribution in [0.5, 0.6) is 0 Å². The van der Waals surface area contributed by atoms with E-state index in [-0.39, 0.29) is 5.56 Å². The minimum Gasteiger partial charge on any atom is -0.478 e. The zero-order valence-corrected chi connectivity index (χ0v) is 11.3. The lowest BCUT2D eigenvalue weighted by atomic mass is 10.1. The number of imidazole rings is 1. The molecule has 0 unspecified atom stereocenters. The van der Waals surface area contributed by atoms with E-state index in [1.165, 1.54) is 0 Å². The molecular weight excluding hydrogens is 252 g/mol.